The summed E-state index contributed by atoms with van der Waals surface area (Å²) in [7, 11) is 0. The minimum atomic E-state index is -0.492. The van der Waals surface area contributed by atoms with Crippen LogP contribution >= 0.6 is 11.3 Å². The number of ether oxygens (including phenoxy) is 3. The highest BCUT2D eigenvalue weighted by Crippen LogP contribution is 2.33. The Hall–Kier alpha value is -2.87. The molecule has 0 radical (unpaired) electrons. The third-order valence-electron chi connectivity index (χ3n) is 3.17. The molecule has 24 heavy (non-hydrogen) atoms. The number of hydrogen-bond donors (Lipinski definition) is 1. The molecule has 1 aliphatic heterocycles. The number of nitrogens with zero attached hydrogens (tertiary/aromatic N) is 1. The third kappa shape index (κ3) is 3.23. The molecular formula is C16H14N2O5S. The van der Waals surface area contributed by atoms with Crippen LogP contribution in [0.1, 0.15) is 25.7 Å². The van der Waals surface area contributed by atoms with Crippen LogP contribution < -0.4 is 14.8 Å². The molecule has 0 bridgehead atoms. The Morgan fingerprint density at radius 3 is 3.00 bits per heavy atom. The molecule has 0 saturated carbocycles. The topological polar surface area (TPSA) is 86.8 Å². The Labute approximate surface area is 141 Å². The Bertz CT molecular complexity index is 815. The standard InChI is InChI=1S/C16H14N2O5S/c1-3-6-21-15(20)13-9(2)17-16(24-13)18-14(19)10-4-5-11-12(7-10)23-8-22-11/h3-5,7H,1,6,8H2,2H3,(H,17,18,19). The largest absolute Gasteiger partial charge is 0.457 e. The van der Waals surface area contributed by atoms with Crippen LogP contribution in [0.4, 0.5) is 5.13 Å². The third-order valence-corrected chi connectivity index (χ3v) is 4.22. The minimum absolute atomic E-state index is 0.120. The molecule has 1 aromatic carbocycles. The van der Waals surface area contributed by atoms with E-state index in [2.05, 4.69) is 16.9 Å². The number of fused-ring (bicyclic) bond motifs is 1. The van der Waals surface area contributed by atoms with Crippen molar-refractivity contribution in [3.63, 3.8) is 0 Å². The van der Waals surface area contributed by atoms with E-state index >= 15 is 0 Å². The number of anilines is 1. The van der Waals surface area contributed by atoms with E-state index in [4.69, 9.17) is 14.2 Å². The van der Waals surface area contributed by atoms with E-state index in [1.54, 1.807) is 25.1 Å². The molecule has 1 aliphatic rings. The van der Waals surface area contributed by atoms with Crippen LogP contribution in [0.3, 0.4) is 0 Å². The lowest BCUT2D eigenvalue weighted by Crippen LogP contribution is -2.11. The van der Waals surface area contributed by atoms with E-state index in [0.29, 0.717) is 32.8 Å². The van der Waals surface area contributed by atoms with Gasteiger partial charge in [-0.3, -0.25) is 10.1 Å². The van der Waals surface area contributed by atoms with Gasteiger partial charge in [0.1, 0.15) is 11.5 Å². The van der Waals surface area contributed by atoms with E-state index in [1.807, 2.05) is 0 Å². The highest BCUT2D eigenvalue weighted by Gasteiger charge is 2.20. The number of carbonyl (C=O) groups is 2. The normalized spacial score (nSPS) is 11.9. The van der Waals surface area contributed by atoms with E-state index in [0.717, 1.165) is 11.3 Å². The van der Waals surface area contributed by atoms with E-state index in [-0.39, 0.29) is 19.3 Å². The first-order chi connectivity index (χ1) is 11.6. The van der Waals surface area contributed by atoms with Crippen molar-refractivity contribution in [3.8, 4) is 11.5 Å². The number of aromatic nitrogens is 1. The number of nitrogens with one attached hydrogen (secondary N) is 1. The first-order valence-electron chi connectivity index (χ1n) is 7.05. The maximum Gasteiger partial charge on any atom is 0.350 e. The van der Waals surface area contributed by atoms with Gasteiger partial charge in [-0.25, -0.2) is 9.78 Å². The summed E-state index contributed by atoms with van der Waals surface area (Å²) >= 11 is 1.06. The molecule has 0 saturated heterocycles. The van der Waals surface area contributed by atoms with Crippen molar-refractivity contribution < 1.29 is 23.8 Å². The molecule has 2 heterocycles. The van der Waals surface area contributed by atoms with Crippen LogP contribution in [0.15, 0.2) is 30.9 Å². The van der Waals surface area contributed by atoms with Crippen LogP contribution in [0.25, 0.3) is 0 Å². The Kier molecular flexibility index (Phi) is 4.48. The predicted molar refractivity (Wildman–Crippen MR) is 87.8 cm³/mol. The van der Waals surface area contributed by atoms with Gasteiger partial charge in [0, 0.05) is 5.56 Å². The maximum absolute atomic E-state index is 12.3. The molecule has 0 fully saturated rings. The smallest absolute Gasteiger partial charge is 0.350 e. The Morgan fingerprint density at radius 2 is 2.21 bits per heavy atom. The molecule has 1 N–H and O–H groups in total. The fourth-order valence-electron chi connectivity index (χ4n) is 2.05. The molecule has 8 heteroatoms. The zero-order chi connectivity index (χ0) is 17.1. The molecule has 0 spiro atoms. The lowest BCUT2D eigenvalue weighted by Gasteiger charge is -2.03. The summed E-state index contributed by atoms with van der Waals surface area (Å²) in [5.74, 6) is 0.275. The Balaban J connectivity index is 1.73. The highest BCUT2D eigenvalue weighted by atomic mass is 32.1. The van der Waals surface area contributed by atoms with Gasteiger partial charge in [0.25, 0.3) is 5.91 Å². The van der Waals surface area contributed by atoms with E-state index < -0.39 is 5.97 Å². The van der Waals surface area contributed by atoms with Crippen molar-refractivity contribution in [2.24, 2.45) is 0 Å². The highest BCUT2D eigenvalue weighted by molar-refractivity contribution is 7.17. The lowest BCUT2D eigenvalue weighted by molar-refractivity contribution is 0.0554. The van der Waals surface area contributed by atoms with Gasteiger partial charge in [0.05, 0.1) is 5.69 Å². The monoisotopic (exact) mass is 346 g/mol. The van der Waals surface area contributed by atoms with Crippen LogP contribution in [0.5, 0.6) is 11.5 Å². The number of esters is 1. The molecule has 0 atom stereocenters. The molecule has 124 valence electrons. The summed E-state index contributed by atoms with van der Waals surface area (Å²) in [6.45, 7) is 5.43. The maximum atomic E-state index is 12.3. The molecule has 3 rings (SSSR count). The average Bonchev–Trinajstić information content (AvgIpc) is 3.18. The van der Waals surface area contributed by atoms with E-state index in [1.165, 1.54) is 6.08 Å². The molecule has 1 amide bonds. The van der Waals surface area contributed by atoms with Gasteiger partial charge < -0.3 is 14.2 Å². The number of carbonyl (C=O) groups excluding carboxylic acids is 2. The summed E-state index contributed by atoms with van der Waals surface area (Å²) in [4.78, 5) is 28.7. The molecular weight excluding hydrogens is 332 g/mol. The summed E-state index contributed by atoms with van der Waals surface area (Å²) in [5.41, 5.74) is 0.901. The molecule has 2 aromatic rings. The quantitative estimate of drug-likeness (QED) is 0.662. The molecule has 1 aromatic heterocycles. The zero-order valence-corrected chi connectivity index (χ0v) is 13.6. The number of benzene rings is 1. The second-order valence-electron chi connectivity index (χ2n) is 4.84. The number of rotatable bonds is 5. The molecule has 0 aliphatic carbocycles. The van der Waals surface area contributed by atoms with Crippen molar-refractivity contribution in [1.29, 1.82) is 0 Å². The van der Waals surface area contributed by atoms with Crippen molar-refractivity contribution >= 4 is 28.3 Å². The molecule has 7 nitrogen and oxygen atoms in total. The molecule has 0 unspecified atom stereocenters. The first-order valence-corrected chi connectivity index (χ1v) is 7.86. The first kappa shape index (κ1) is 16.0. The van der Waals surface area contributed by atoms with Crippen LogP contribution in [0.2, 0.25) is 0 Å². The van der Waals surface area contributed by atoms with Gasteiger partial charge in [0.2, 0.25) is 6.79 Å². The summed E-state index contributed by atoms with van der Waals surface area (Å²) < 4.78 is 15.4. The van der Waals surface area contributed by atoms with Crippen LogP contribution in [-0.4, -0.2) is 30.3 Å². The second kappa shape index (κ2) is 6.71. The number of hydrogen-bond acceptors (Lipinski definition) is 7. The number of aryl methyl sites for hydroxylation is 1. The lowest BCUT2D eigenvalue weighted by atomic mass is 10.2. The van der Waals surface area contributed by atoms with Crippen molar-refractivity contribution in [2.75, 3.05) is 18.7 Å². The zero-order valence-electron chi connectivity index (χ0n) is 12.8. The van der Waals surface area contributed by atoms with Crippen LogP contribution in [0, 0.1) is 6.92 Å². The number of thiazole rings is 1. The van der Waals surface area contributed by atoms with Crippen molar-refractivity contribution in [1.82, 2.24) is 4.98 Å². The average molecular weight is 346 g/mol. The fourth-order valence-corrected chi connectivity index (χ4v) is 2.90. The van der Waals surface area contributed by atoms with Gasteiger partial charge >= 0.3 is 5.97 Å². The minimum Gasteiger partial charge on any atom is -0.457 e. The van der Waals surface area contributed by atoms with Crippen molar-refractivity contribution in [2.45, 2.75) is 6.92 Å². The summed E-state index contributed by atoms with van der Waals surface area (Å²) in [6, 6.07) is 4.89. The van der Waals surface area contributed by atoms with Gasteiger partial charge in [-0.15, -0.1) is 0 Å². The van der Waals surface area contributed by atoms with Gasteiger partial charge in [-0.1, -0.05) is 24.0 Å². The van der Waals surface area contributed by atoms with Crippen LogP contribution in [-0.2, 0) is 4.74 Å². The van der Waals surface area contributed by atoms with Gasteiger partial charge in [-0.2, -0.15) is 0 Å². The SMILES string of the molecule is C=CCOC(=O)c1sc(NC(=O)c2ccc3c(c2)OCO3)nc1C. The predicted octanol–water partition coefficient (Wildman–Crippen LogP) is 2.78. The van der Waals surface area contributed by atoms with E-state index in [9.17, 15) is 9.59 Å². The van der Waals surface area contributed by atoms with Crippen molar-refractivity contribution in [3.05, 3.63) is 47.0 Å². The number of amides is 1. The fraction of sp³-hybridized carbons (Fsp3) is 0.188. The second-order valence-corrected chi connectivity index (χ2v) is 5.84. The summed E-state index contributed by atoms with van der Waals surface area (Å²) in [6.07, 6.45) is 1.48. The van der Waals surface area contributed by atoms with Gasteiger partial charge in [-0.05, 0) is 25.1 Å². The summed E-state index contributed by atoms with van der Waals surface area (Å²) in [5, 5.41) is 2.99. The van der Waals surface area contributed by atoms with Gasteiger partial charge in [0.15, 0.2) is 16.6 Å². The Morgan fingerprint density at radius 1 is 1.42 bits per heavy atom.